The molecule has 0 radical (unpaired) electrons. The van der Waals surface area contributed by atoms with Crippen molar-refractivity contribution in [3.8, 4) is 0 Å². The lowest BCUT2D eigenvalue weighted by Gasteiger charge is -2.25. The zero-order chi connectivity index (χ0) is 9.03. The molecule has 1 aliphatic rings. The first-order chi connectivity index (χ1) is 5.64. The molecule has 1 rings (SSSR count). The van der Waals surface area contributed by atoms with Gasteiger partial charge in [-0.2, -0.15) is 0 Å². The Bertz CT molecular complexity index is 123. The molecular weight excluding hydrogens is 146 g/mol. The summed E-state index contributed by atoms with van der Waals surface area (Å²) in [6, 6.07) is 0. The van der Waals surface area contributed by atoms with Crippen molar-refractivity contribution in [2.45, 2.75) is 46.5 Å². The Balaban J connectivity index is 2.15. The van der Waals surface area contributed by atoms with E-state index >= 15 is 0 Å². The summed E-state index contributed by atoms with van der Waals surface area (Å²) >= 11 is 0. The SMILES string of the molecule is CCC(C)(C)CCN1CCCC1. The summed E-state index contributed by atoms with van der Waals surface area (Å²) in [7, 11) is 0. The average Bonchev–Trinajstić information content (AvgIpc) is 2.53. The number of rotatable bonds is 4. The largest absolute Gasteiger partial charge is 0.303 e. The lowest BCUT2D eigenvalue weighted by molar-refractivity contribution is 0.243. The highest BCUT2D eigenvalue weighted by molar-refractivity contribution is 4.72. The summed E-state index contributed by atoms with van der Waals surface area (Å²) in [5.41, 5.74) is 0.558. The van der Waals surface area contributed by atoms with E-state index in [0.717, 1.165) is 0 Å². The van der Waals surface area contributed by atoms with E-state index in [1.807, 2.05) is 0 Å². The van der Waals surface area contributed by atoms with Crippen molar-refractivity contribution in [3.63, 3.8) is 0 Å². The van der Waals surface area contributed by atoms with Gasteiger partial charge in [-0.1, -0.05) is 27.2 Å². The van der Waals surface area contributed by atoms with E-state index in [1.165, 1.54) is 45.3 Å². The summed E-state index contributed by atoms with van der Waals surface area (Å²) in [4.78, 5) is 2.61. The van der Waals surface area contributed by atoms with E-state index in [4.69, 9.17) is 0 Å². The van der Waals surface area contributed by atoms with Gasteiger partial charge in [0.2, 0.25) is 0 Å². The summed E-state index contributed by atoms with van der Waals surface area (Å²) in [5, 5.41) is 0. The Morgan fingerprint density at radius 3 is 2.25 bits per heavy atom. The van der Waals surface area contributed by atoms with Crippen molar-refractivity contribution in [1.29, 1.82) is 0 Å². The summed E-state index contributed by atoms with van der Waals surface area (Å²) in [6.45, 7) is 11.1. The van der Waals surface area contributed by atoms with Gasteiger partial charge in [-0.15, -0.1) is 0 Å². The second-order valence-electron chi connectivity index (χ2n) is 4.82. The number of hydrogen-bond acceptors (Lipinski definition) is 1. The quantitative estimate of drug-likeness (QED) is 0.625. The van der Waals surface area contributed by atoms with Gasteiger partial charge in [-0.3, -0.25) is 0 Å². The van der Waals surface area contributed by atoms with Crippen molar-refractivity contribution in [2.75, 3.05) is 19.6 Å². The van der Waals surface area contributed by atoms with Crippen LogP contribution in [0, 0.1) is 5.41 Å². The number of likely N-dealkylation sites (tertiary alicyclic amines) is 1. The zero-order valence-corrected chi connectivity index (χ0v) is 8.90. The maximum Gasteiger partial charge on any atom is -0.00137 e. The Kier molecular flexibility index (Phi) is 3.57. The fourth-order valence-corrected chi connectivity index (χ4v) is 1.64. The molecule has 1 fully saturated rings. The maximum atomic E-state index is 2.61. The number of nitrogens with zero attached hydrogens (tertiary/aromatic N) is 1. The molecule has 1 nitrogen and oxygen atoms in total. The van der Waals surface area contributed by atoms with Crippen molar-refractivity contribution >= 4 is 0 Å². The molecule has 0 spiro atoms. The van der Waals surface area contributed by atoms with Gasteiger partial charge in [-0.25, -0.2) is 0 Å². The monoisotopic (exact) mass is 169 g/mol. The average molecular weight is 169 g/mol. The highest BCUT2D eigenvalue weighted by Crippen LogP contribution is 2.25. The second-order valence-corrected chi connectivity index (χ2v) is 4.82. The van der Waals surface area contributed by atoms with E-state index < -0.39 is 0 Å². The lowest BCUT2D eigenvalue weighted by Crippen LogP contribution is -2.25. The third-order valence-electron chi connectivity index (χ3n) is 3.26. The molecule has 0 N–H and O–H groups in total. The Morgan fingerprint density at radius 1 is 1.17 bits per heavy atom. The molecule has 0 aromatic heterocycles. The van der Waals surface area contributed by atoms with Gasteiger partial charge in [0, 0.05) is 0 Å². The van der Waals surface area contributed by atoms with E-state index in [-0.39, 0.29) is 0 Å². The molecule has 1 saturated heterocycles. The molecule has 0 aromatic carbocycles. The molecule has 1 heterocycles. The summed E-state index contributed by atoms with van der Waals surface area (Å²) < 4.78 is 0. The van der Waals surface area contributed by atoms with E-state index in [2.05, 4.69) is 25.7 Å². The third-order valence-corrected chi connectivity index (χ3v) is 3.26. The van der Waals surface area contributed by atoms with Crippen LogP contribution in [0.2, 0.25) is 0 Å². The van der Waals surface area contributed by atoms with Crippen molar-refractivity contribution in [2.24, 2.45) is 5.41 Å². The first kappa shape index (κ1) is 10.0. The minimum Gasteiger partial charge on any atom is -0.303 e. The van der Waals surface area contributed by atoms with Crippen LogP contribution in [0.5, 0.6) is 0 Å². The Hall–Kier alpha value is -0.0400. The minimum absolute atomic E-state index is 0.558. The van der Waals surface area contributed by atoms with E-state index in [0.29, 0.717) is 5.41 Å². The fraction of sp³-hybridized carbons (Fsp3) is 1.00. The minimum atomic E-state index is 0.558. The van der Waals surface area contributed by atoms with Crippen molar-refractivity contribution in [3.05, 3.63) is 0 Å². The van der Waals surface area contributed by atoms with Crippen LogP contribution in [0.25, 0.3) is 0 Å². The zero-order valence-electron chi connectivity index (χ0n) is 8.90. The molecule has 0 amide bonds. The van der Waals surface area contributed by atoms with Crippen LogP contribution in [-0.2, 0) is 0 Å². The standard InChI is InChI=1S/C11H23N/c1-4-11(2,3)7-10-12-8-5-6-9-12/h4-10H2,1-3H3. The van der Waals surface area contributed by atoms with Crippen LogP contribution >= 0.6 is 0 Å². The molecule has 0 aromatic rings. The molecule has 1 heteroatoms. The Labute approximate surface area is 77.1 Å². The predicted octanol–water partition coefficient (Wildman–Crippen LogP) is 2.91. The normalized spacial score (nSPS) is 20.2. The summed E-state index contributed by atoms with van der Waals surface area (Å²) in [6.07, 6.45) is 5.52. The van der Waals surface area contributed by atoms with Crippen LogP contribution in [0.15, 0.2) is 0 Å². The predicted molar refractivity (Wildman–Crippen MR) is 54.4 cm³/mol. The van der Waals surface area contributed by atoms with Gasteiger partial charge in [0.1, 0.15) is 0 Å². The van der Waals surface area contributed by atoms with E-state index in [1.54, 1.807) is 0 Å². The van der Waals surface area contributed by atoms with Crippen molar-refractivity contribution < 1.29 is 0 Å². The van der Waals surface area contributed by atoms with E-state index in [9.17, 15) is 0 Å². The van der Waals surface area contributed by atoms with Gasteiger partial charge in [0.15, 0.2) is 0 Å². The van der Waals surface area contributed by atoms with Crippen LogP contribution in [0.1, 0.15) is 46.5 Å². The van der Waals surface area contributed by atoms with Crippen LogP contribution < -0.4 is 0 Å². The van der Waals surface area contributed by atoms with Crippen LogP contribution in [0.4, 0.5) is 0 Å². The lowest BCUT2D eigenvalue weighted by atomic mass is 9.86. The molecule has 0 atom stereocenters. The highest BCUT2D eigenvalue weighted by atomic mass is 15.1. The maximum absolute atomic E-state index is 2.61. The Morgan fingerprint density at radius 2 is 1.75 bits per heavy atom. The molecule has 0 saturated carbocycles. The molecule has 0 bridgehead atoms. The highest BCUT2D eigenvalue weighted by Gasteiger charge is 2.18. The van der Waals surface area contributed by atoms with Gasteiger partial charge in [0.05, 0.1) is 0 Å². The molecular formula is C11H23N. The first-order valence-corrected chi connectivity index (χ1v) is 5.36. The fourth-order valence-electron chi connectivity index (χ4n) is 1.64. The van der Waals surface area contributed by atoms with Gasteiger partial charge in [-0.05, 0) is 44.3 Å². The molecule has 12 heavy (non-hydrogen) atoms. The molecule has 0 unspecified atom stereocenters. The van der Waals surface area contributed by atoms with Crippen LogP contribution in [-0.4, -0.2) is 24.5 Å². The molecule has 1 aliphatic heterocycles. The van der Waals surface area contributed by atoms with Crippen LogP contribution in [0.3, 0.4) is 0 Å². The van der Waals surface area contributed by atoms with Gasteiger partial charge < -0.3 is 4.90 Å². The van der Waals surface area contributed by atoms with Gasteiger partial charge >= 0.3 is 0 Å². The third kappa shape index (κ3) is 3.14. The number of hydrogen-bond donors (Lipinski definition) is 0. The molecule has 0 aliphatic carbocycles. The molecule has 72 valence electrons. The first-order valence-electron chi connectivity index (χ1n) is 5.36. The van der Waals surface area contributed by atoms with Gasteiger partial charge in [0.25, 0.3) is 0 Å². The summed E-state index contributed by atoms with van der Waals surface area (Å²) in [5.74, 6) is 0. The smallest absolute Gasteiger partial charge is 0.00137 e. The second kappa shape index (κ2) is 4.27. The van der Waals surface area contributed by atoms with Crippen molar-refractivity contribution in [1.82, 2.24) is 4.90 Å². The topological polar surface area (TPSA) is 3.24 Å².